The van der Waals surface area contributed by atoms with Gasteiger partial charge in [0.2, 0.25) is 47.6 Å². The lowest BCUT2D eigenvalue weighted by Gasteiger charge is -2.49. The van der Waals surface area contributed by atoms with Gasteiger partial charge in [-0.05, 0) is 217 Å². The standard InChI is InChI=1S/C65H121N23.C2H4/c1-42-68-50(83(23)43-30-56(2,3)77-57(4,5)31-43)76-55(69-42)88(41-67-49-72-53(86(26)46-36-62(14,15)80-63(16,17)37-46)75-54(73-49)87(27)47-38-64(18,19)81-65(20,21)39-47)29-28-82(22)40-66-48-70-51(84(24)44-32-58(6,7)78-59(8,9)33-44)74-52(71-48)85(25)45-34-60(10,11)79-61(12,13)35-45;1-2/h43-47,77-81H,28-41H2,1-27H3,(H,66,70,71,74)(H,67,72,73,75);1-2H2. The average Bonchev–Trinajstić information content (AvgIpc) is 0.819. The van der Waals surface area contributed by atoms with Gasteiger partial charge >= 0.3 is 0 Å². The number of piperidine rings is 5. The van der Waals surface area contributed by atoms with E-state index in [4.69, 9.17) is 44.9 Å². The normalized spacial score (nSPS) is 23.4. The van der Waals surface area contributed by atoms with E-state index in [9.17, 15) is 0 Å². The van der Waals surface area contributed by atoms with Gasteiger partial charge in [0, 0.05) is 134 Å². The Morgan fingerprint density at radius 2 is 0.533 bits per heavy atom. The molecule has 23 nitrogen and oxygen atoms in total. The fourth-order valence-corrected chi connectivity index (χ4v) is 16.8. The average molecular weight is 1250 g/mol. The molecule has 0 saturated carbocycles. The van der Waals surface area contributed by atoms with Crippen molar-refractivity contribution in [2.45, 2.75) is 295 Å². The second-order valence-electron chi connectivity index (χ2n) is 34.3. The van der Waals surface area contributed by atoms with Crippen molar-refractivity contribution in [2.24, 2.45) is 0 Å². The van der Waals surface area contributed by atoms with Gasteiger partial charge in [-0.3, -0.25) is 4.90 Å². The van der Waals surface area contributed by atoms with E-state index < -0.39 is 0 Å². The summed E-state index contributed by atoms with van der Waals surface area (Å²) in [4.78, 5) is 62.9. The van der Waals surface area contributed by atoms with Gasteiger partial charge in [0.05, 0.1) is 13.3 Å². The topological polar surface area (TPSA) is 223 Å². The Balaban J connectivity index is 0.00000570. The van der Waals surface area contributed by atoms with Gasteiger partial charge in [-0.15, -0.1) is 13.2 Å². The molecule has 3 aromatic heterocycles. The van der Waals surface area contributed by atoms with E-state index in [0.717, 1.165) is 64.2 Å². The Morgan fingerprint density at radius 3 is 0.789 bits per heavy atom. The van der Waals surface area contributed by atoms with Crippen molar-refractivity contribution in [2.75, 3.05) is 109 Å². The van der Waals surface area contributed by atoms with Gasteiger partial charge < -0.3 is 66.6 Å². The Hall–Kier alpha value is -5.07. The molecular weight excluding hydrogens is 1130 g/mol. The summed E-state index contributed by atoms with van der Waals surface area (Å²) in [5.74, 6) is 5.53. The number of likely N-dealkylation sites (N-methyl/N-ethyl adjacent to an activating group) is 1. The van der Waals surface area contributed by atoms with E-state index in [1.54, 1.807) is 0 Å². The molecule has 0 radical (unpaired) electrons. The van der Waals surface area contributed by atoms with Crippen LogP contribution in [-0.4, -0.2) is 204 Å². The maximum absolute atomic E-state index is 5.33. The van der Waals surface area contributed by atoms with Gasteiger partial charge in [0.15, 0.2) is 0 Å². The third kappa shape index (κ3) is 19.3. The highest BCUT2D eigenvalue weighted by atomic mass is 15.4. The van der Waals surface area contributed by atoms with Gasteiger partial charge in [-0.2, -0.15) is 44.9 Å². The molecule has 23 heteroatoms. The number of aryl methyl sites for hydroxylation is 1. The molecule has 0 amide bonds. The summed E-state index contributed by atoms with van der Waals surface area (Å²) in [6.07, 6.45) is 9.48. The van der Waals surface area contributed by atoms with Crippen molar-refractivity contribution in [1.82, 2.24) is 76.3 Å². The first-order valence-electron chi connectivity index (χ1n) is 33.4. The van der Waals surface area contributed by atoms with E-state index in [2.05, 4.69) is 265 Å². The first-order valence-corrected chi connectivity index (χ1v) is 33.4. The molecule has 5 saturated heterocycles. The molecule has 3 aromatic rings. The molecule has 90 heavy (non-hydrogen) atoms. The summed E-state index contributed by atoms with van der Waals surface area (Å²) in [5, 5.41) is 26.8. The van der Waals surface area contributed by atoms with Crippen molar-refractivity contribution in [3.05, 3.63) is 19.0 Å². The van der Waals surface area contributed by atoms with Crippen LogP contribution in [0.3, 0.4) is 0 Å². The number of anilines is 8. The van der Waals surface area contributed by atoms with Crippen LogP contribution in [0, 0.1) is 6.92 Å². The molecular formula is C67H125N23. The molecule has 5 fully saturated rings. The third-order valence-corrected chi connectivity index (χ3v) is 19.1. The summed E-state index contributed by atoms with van der Waals surface area (Å²) in [7, 11) is 12.9. The fraction of sp³-hybridized carbons (Fsp3) is 0.836. The zero-order valence-corrected chi connectivity index (χ0v) is 61.4. The highest BCUT2D eigenvalue weighted by Crippen LogP contribution is 2.39. The van der Waals surface area contributed by atoms with E-state index in [-0.39, 0.29) is 85.6 Å². The molecule has 8 rings (SSSR count). The molecule has 0 atom stereocenters. The second kappa shape index (κ2) is 26.4. The van der Waals surface area contributed by atoms with E-state index >= 15 is 0 Å². The molecule has 0 spiro atoms. The highest BCUT2D eigenvalue weighted by molar-refractivity contribution is 5.49. The Kier molecular flexibility index (Phi) is 21.2. The number of aromatic nitrogens is 9. The van der Waals surface area contributed by atoms with Crippen molar-refractivity contribution >= 4 is 47.6 Å². The zero-order chi connectivity index (χ0) is 67.3. The lowest BCUT2D eigenvalue weighted by molar-refractivity contribution is 0.159. The first kappa shape index (κ1) is 72.4. The van der Waals surface area contributed by atoms with Crippen molar-refractivity contribution < 1.29 is 0 Å². The van der Waals surface area contributed by atoms with Gasteiger partial charge in [0.25, 0.3) is 0 Å². The van der Waals surface area contributed by atoms with Crippen LogP contribution in [0.15, 0.2) is 13.2 Å². The van der Waals surface area contributed by atoms with Crippen molar-refractivity contribution in [3.8, 4) is 0 Å². The summed E-state index contributed by atoms with van der Waals surface area (Å²) < 4.78 is 0. The monoisotopic (exact) mass is 1250 g/mol. The molecule has 0 unspecified atom stereocenters. The quantitative estimate of drug-likeness (QED) is 0.0414. The van der Waals surface area contributed by atoms with E-state index in [1.807, 2.05) is 6.92 Å². The lowest BCUT2D eigenvalue weighted by Crippen LogP contribution is -2.62. The maximum atomic E-state index is 5.33. The van der Waals surface area contributed by atoms with Crippen LogP contribution in [0.1, 0.15) is 209 Å². The van der Waals surface area contributed by atoms with Crippen LogP contribution in [0.5, 0.6) is 0 Å². The number of nitrogens with zero attached hydrogens (tertiary/aromatic N) is 16. The Labute approximate surface area is 544 Å². The summed E-state index contributed by atoms with van der Waals surface area (Å²) in [6, 6.07) is 1.03. The molecule has 7 N–H and O–H groups in total. The predicted molar refractivity (Wildman–Crippen MR) is 376 cm³/mol. The van der Waals surface area contributed by atoms with Gasteiger partial charge in [0.1, 0.15) is 5.82 Å². The van der Waals surface area contributed by atoms with Crippen LogP contribution < -0.4 is 66.6 Å². The predicted octanol–water partition coefficient (Wildman–Crippen LogP) is 8.96. The smallest absolute Gasteiger partial charge is 0.231 e. The van der Waals surface area contributed by atoms with E-state index in [0.29, 0.717) is 79.8 Å². The summed E-state index contributed by atoms with van der Waals surface area (Å²) in [6.45, 7) is 55.8. The Bertz CT molecular complexity index is 2690. The molecule has 0 bridgehead atoms. The largest absolute Gasteiger partial charge is 0.341 e. The minimum Gasteiger partial charge on any atom is -0.341 e. The first-order chi connectivity index (χ1) is 41.2. The molecule has 0 aromatic carbocycles. The fourth-order valence-electron chi connectivity index (χ4n) is 16.8. The van der Waals surface area contributed by atoms with Crippen molar-refractivity contribution in [1.29, 1.82) is 0 Å². The molecule has 508 valence electrons. The van der Waals surface area contributed by atoms with Gasteiger partial charge in [-0.1, -0.05) is 0 Å². The van der Waals surface area contributed by atoms with Crippen LogP contribution >= 0.6 is 0 Å². The number of rotatable bonds is 20. The second-order valence-corrected chi connectivity index (χ2v) is 34.3. The molecule has 8 heterocycles. The van der Waals surface area contributed by atoms with Gasteiger partial charge in [-0.25, -0.2) is 0 Å². The van der Waals surface area contributed by atoms with Crippen LogP contribution in [0.25, 0.3) is 0 Å². The SMILES string of the molecule is C=C.Cc1nc(N(CCN(C)CNc2nc(N(C)C3CC(C)(C)NC(C)(C)C3)nc(N(C)C3CC(C)(C)NC(C)(C)C3)n2)CNc2nc(N(C)C3CC(C)(C)NC(C)(C)C3)nc(N(C)C3CC(C)(C)NC(C)(C)C3)n2)nc(N(C)C2CC(C)(C)NC(C)(C)C2)n1. The lowest BCUT2D eigenvalue weighted by atomic mass is 9.79. The van der Waals surface area contributed by atoms with Crippen molar-refractivity contribution in [3.63, 3.8) is 0 Å². The summed E-state index contributed by atoms with van der Waals surface area (Å²) in [5.41, 5.74) is -0.652. The van der Waals surface area contributed by atoms with Crippen LogP contribution in [-0.2, 0) is 0 Å². The van der Waals surface area contributed by atoms with Crippen LogP contribution in [0.2, 0.25) is 0 Å². The molecule has 5 aliphatic heterocycles. The molecule has 0 aliphatic carbocycles. The maximum Gasteiger partial charge on any atom is 0.231 e. The number of nitrogens with one attached hydrogen (secondary N) is 7. The highest BCUT2D eigenvalue weighted by Gasteiger charge is 2.45. The summed E-state index contributed by atoms with van der Waals surface area (Å²) >= 11 is 0. The third-order valence-electron chi connectivity index (χ3n) is 19.1. The number of hydrogen-bond acceptors (Lipinski definition) is 23. The minimum atomic E-state index is -0.0751. The minimum absolute atomic E-state index is 0.0552. The molecule has 5 aliphatic rings. The zero-order valence-electron chi connectivity index (χ0n) is 61.4. The Morgan fingerprint density at radius 1 is 0.322 bits per heavy atom. The van der Waals surface area contributed by atoms with E-state index in [1.165, 1.54) is 0 Å². The van der Waals surface area contributed by atoms with Crippen LogP contribution in [0.4, 0.5) is 47.6 Å². The number of hydrogen-bond donors (Lipinski definition) is 7.